The summed E-state index contributed by atoms with van der Waals surface area (Å²) in [4.78, 5) is 14.9. The predicted molar refractivity (Wildman–Crippen MR) is 109 cm³/mol. The Bertz CT molecular complexity index is 635. The first-order valence-electron chi connectivity index (χ1n) is 10.3. The van der Waals surface area contributed by atoms with Crippen molar-refractivity contribution in [3.8, 4) is 0 Å². The highest BCUT2D eigenvalue weighted by Gasteiger charge is 2.35. The van der Waals surface area contributed by atoms with E-state index in [1.165, 1.54) is 0 Å². The molecule has 0 spiro atoms. The summed E-state index contributed by atoms with van der Waals surface area (Å²) in [6.45, 7) is 13.4. The molecule has 1 unspecified atom stereocenters. The Balaban J connectivity index is 1.97. The molecule has 1 fully saturated rings. The van der Waals surface area contributed by atoms with Gasteiger partial charge < -0.3 is 14.0 Å². The lowest BCUT2D eigenvalue weighted by Gasteiger charge is -2.37. The molecule has 0 saturated carbocycles. The van der Waals surface area contributed by atoms with Gasteiger partial charge in [-0.2, -0.15) is 0 Å². The average Bonchev–Trinajstić information content (AvgIpc) is 3.15. The molecule has 0 aromatic carbocycles. The van der Waals surface area contributed by atoms with Crippen molar-refractivity contribution in [3.05, 3.63) is 11.8 Å². The molecular formula is C21H37N3O4. The van der Waals surface area contributed by atoms with Crippen molar-refractivity contribution < 1.29 is 18.8 Å². The van der Waals surface area contributed by atoms with Gasteiger partial charge in [-0.15, -0.1) is 0 Å². The molecule has 1 aliphatic heterocycles. The summed E-state index contributed by atoms with van der Waals surface area (Å²) < 4.78 is 16.9. The Kier molecular flexibility index (Phi) is 7.65. The molecule has 1 saturated heterocycles. The number of carbonyl (C=O) groups is 1. The number of hydrogen-bond acceptors (Lipinski definition) is 6. The van der Waals surface area contributed by atoms with Crippen LogP contribution in [0.15, 0.2) is 10.6 Å². The fourth-order valence-electron chi connectivity index (χ4n) is 3.12. The lowest BCUT2D eigenvalue weighted by atomic mass is 9.90. The van der Waals surface area contributed by atoms with E-state index in [2.05, 4.69) is 29.2 Å². The second kappa shape index (κ2) is 9.37. The molecule has 2 heterocycles. The number of anilines is 1. The highest BCUT2D eigenvalue weighted by Crippen LogP contribution is 2.28. The molecule has 1 aromatic heterocycles. The van der Waals surface area contributed by atoms with E-state index in [-0.39, 0.29) is 17.6 Å². The van der Waals surface area contributed by atoms with Crippen LogP contribution in [-0.4, -0.2) is 54.1 Å². The van der Waals surface area contributed by atoms with Crippen LogP contribution in [0.2, 0.25) is 0 Å². The van der Waals surface area contributed by atoms with Crippen molar-refractivity contribution in [2.45, 2.75) is 90.5 Å². The number of rotatable bonds is 9. The van der Waals surface area contributed by atoms with Crippen molar-refractivity contribution in [1.82, 2.24) is 10.1 Å². The van der Waals surface area contributed by atoms with Crippen molar-refractivity contribution in [2.24, 2.45) is 0 Å². The van der Waals surface area contributed by atoms with Gasteiger partial charge in [0.2, 0.25) is 11.8 Å². The maximum Gasteiger partial charge on any atom is 0.246 e. The summed E-state index contributed by atoms with van der Waals surface area (Å²) in [5.41, 5.74) is -0.276. The molecule has 0 radical (unpaired) electrons. The number of carbonyl (C=O) groups excluding carboxylic acids is 1. The quantitative estimate of drug-likeness (QED) is 0.682. The molecule has 28 heavy (non-hydrogen) atoms. The predicted octanol–water partition coefficient (Wildman–Crippen LogP) is 3.94. The Morgan fingerprint density at radius 1 is 1.39 bits per heavy atom. The zero-order valence-corrected chi connectivity index (χ0v) is 18.5. The third kappa shape index (κ3) is 5.55. The Morgan fingerprint density at radius 3 is 2.71 bits per heavy atom. The van der Waals surface area contributed by atoms with E-state index in [0.717, 1.165) is 38.0 Å². The average molecular weight is 396 g/mol. The molecule has 1 N–H and O–H groups in total. The molecular weight excluding hydrogens is 358 g/mol. The van der Waals surface area contributed by atoms with Gasteiger partial charge in [0.1, 0.15) is 0 Å². The number of nitrogens with zero attached hydrogens (tertiary/aromatic N) is 2. The van der Waals surface area contributed by atoms with Crippen LogP contribution in [0.4, 0.5) is 5.88 Å². The zero-order chi connectivity index (χ0) is 20.9. The molecule has 1 aliphatic rings. The van der Waals surface area contributed by atoms with Gasteiger partial charge in [0.05, 0.1) is 17.8 Å². The summed E-state index contributed by atoms with van der Waals surface area (Å²) in [5, 5.41) is 7.02. The summed E-state index contributed by atoms with van der Waals surface area (Å²) in [5.74, 6) is 0.232. The third-order valence-corrected chi connectivity index (χ3v) is 5.90. The van der Waals surface area contributed by atoms with E-state index in [1.54, 1.807) is 6.07 Å². The summed E-state index contributed by atoms with van der Waals surface area (Å²) in [6, 6.07) is 2.08. The summed E-state index contributed by atoms with van der Waals surface area (Å²) in [7, 11) is 1.97. The van der Waals surface area contributed by atoms with Gasteiger partial charge in [-0.25, -0.2) is 0 Å². The van der Waals surface area contributed by atoms with Crippen LogP contribution in [0, 0.1) is 0 Å². The lowest BCUT2D eigenvalue weighted by Crippen LogP contribution is -2.53. The number of nitrogens with one attached hydrogen (secondary N) is 1. The van der Waals surface area contributed by atoms with Crippen LogP contribution in [0.1, 0.15) is 72.9 Å². The maximum atomic E-state index is 12.8. The molecule has 1 amide bonds. The van der Waals surface area contributed by atoms with Gasteiger partial charge in [0.15, 0.2) is 6.29 Å². The fourth-order valence-corrected chi connectivity index (χ4v) is 3.12. The standard InChI is InChI=1S/C21H37N3O4/c1-8-15(2)24(7)21(5,6)19(25)22-17-13-16(23-28-17)20(3,4)14-27-18-11-9-10-12-26-18/h13,15,18H,8-12,14H2,1-7H3,(H,22,25)/t15-,18?/m0/s1. The zero-order valence-electron chi connectivity index (χ0n) is 18.5. The summed E-state index contributed by atoms with van der Waals surface area (Å²) in [6.07, 6.45) is 3.98. The molecule has 1 aromatic rings. The Hall–Kier alpha value is -1.44. The van der Waals surface area contributed by atoms with Crippen molar-refractivity contribution in [2.75, 3.05) is 25.6 Å². The van der Waals surface area contributed by atoms with Gasteiger partial charge >= 0.3 is 0 Å². The van der Waals surface area contributed by atoms with Crippen LogP contribution >= 0.6 is 0 Å². The van der Waals surface area contributed by atoms with Crippen LogP contribution in [-0.2, 0) is 19.7 Å². The topological polar surface area (TPSA) is 76.8 Å². The highest BCUT2D eigenvalue weighted by atomic mass is 16.7. The van der Waals surface area contributed by atoms with E-state index in [9.17, 15) is 4.79 Å². The molecule has 160 valence electrons. The van der Waals surface area contributed by atoms with Crippen molar-refractivity contribution in [3.63, 3.8) is 0 Å². The monoisotopic (exact) mass is 395 g/mol. The van der Waals surface area contributed by atoms with Gasteiger partial charge in [0, 0.05) is 24.1 Å². The Labute approximate surface area is 169 Å². The number of hydrogen-bond donors (Lipinski definition) is 1. The molecule has 2 rings (SSSR count). The van der Waals surface area contributed by atoms with E-state index in [0.29, 0.717) is 18.5 Å². The van der Waals surface area contributed by atoms with Crippen LogP contribution in [0.3, 0.4) is 0 Å². The van der Waals surface area contributed by atoms with Crippen LogP contribution in [0.25, 0.3) is 0 Å². The second-order valence-corrected chi connectivity index (χ2v) is 8.95. The second-order valence-electron chi connectivity index (χ2n) is 8.95. The minimum absolute atomic E-state index is 0.123. The maximum absolute atomic E-state index is 12.8. The molecule has 7 heteroatoms. The van der Waals surface area contributed by atoms with E-state index < -0.39 is 5.54 Å². The molecule has 0 bridgehead atoms. The van der Waals surface area contributed by atoms with Crippen molar-refractivity contribution in [1.29, 1.82) is 0 Å². The smallest absolute Gasteiger partial charge is 0.246 e. The third-order valence-electron chi connectivity index (χ3n) is 5.90. The van der Waals surface area contributed by atoms with Gasteiger partial charge in [-0.1, -0.05) is 25.9 Å². The normalized spacial score (nSPS) is 19.6. The van der Waals surface area contributed by atoms with Crippen LogP contribution in [0.5, 0.6) is 0 Å². The SMILES string of the molecule is CC[C@H](C)N(C)C(C)(C)C(=O)Nc1cc(C(C)(C)COC2CCCCO2)no1. The number of ether oxygens (including phenoxy) is 2. The van der Waals surface area contributed by atoms with Crippen LogP contribution < -0.4 is 5.32 Å². The minimum atomic E-state index is -0.667. The first kappa shape index (κ1) is 22.8. The van der Waals surface area contributed by atoms with Crippen molar-refractivity contribution >= 4 is 11.8 Å². The highest BCUT2D eigenvalue weighted by molar-refractivity contribution is 5.96. The van der Waals surface area contributed by atoms with E-state index >= 15 is 0 Å². The number of likely N-dealkylation sites (N-methyl/N-ethyl adjacent to an activating group) is 1. The first-order valence-corrected chi connectivity index (χ1v) is 10.3. The number of amides is 1. The minimum Gasteiger partial charge on any atom is -0.353 e. The fraction of sp³-hybridized carbons (Fsp3) is 0.810. The lowest BCUT2D eigenvalue weighted by molar-refractivity contribution is -0.170. The Morgan fingerprint density at radius 2 is 2.11 bits per heavy atom. The molecule has 0 aliphatic carbocycles. The van der Waals surface area contributed by atoms with E-state index in [1.807, 2.05) is 34.7 Å². The van der Waals surface area contributed by atoms with Gasteiger partial charge in [0.25, 0.3) is 0 Å². The molecule has 7 nitrogen and oxygen atoms in total. The number of aromatic nitrogens is 1. The molecule has 2 atom stereocenters. The van der Waals surface area contributed by atoms with Gasteiger partial charge in [-0.3, -0.25) is 15.0 Å². The van der Waals surface area contributed by atoms with Gasteiger partial charge in [-0.05, 0) is 53.5 Å². The largest absolute Gasteiger partial charge is 0.353 e. The first-order chi connectivity index (χ1) is 13.1. The summed E-state index contributed by atoms with van der Waals surface area (Å²) >= 11 is 0. The van der Waals surface area contributed by atoms with E-state index in [4.69, 9.17) is 14.0 Å².